The van der Waals surface area contributed by atoms with Crippen molar-refractivity contribution in [3.05, 3.63) is 12.7 Å². The minimum absolute atomic E-state index is 0.312. The van der Waals surface area contributed by atoms with Gasteiger partial charge in [0.25, 0.3) is 0 Å². The van der Waals surface area contributed by atoms with Crippen LogP contribution in [0.5, 0.6) is 0 Å². The molecule has 0 aromatic carbocycles. The van der Waals surface area contributed by atoms with E-state index in [2.05, 4.69) is 41.2 Å². The zero-order valence-electron chi connectivity index (χ0n) is 9.80. The molecule has 78 valence electrons. The Morgan fingerprint density at radius 1 is 1.31 bits per heavy atom. The number of hydrogen-bond acceptors (Lipinski definition) is 1. The summed E-state index contributed by atoms with van der Waals surface area (Å²) in [5.74, 6) is 1.72. The molecule has 0 aliphatic heterocycles. The first-order valence-electron chi connectivity index (χ1n) is 5.17. The molecule has 13 heavy (non-hydrogen) atoms. The lowest BCUT2D eigenvalue weighted by Gasteiger charge is -2.38. The molecular weight excluding hydrogens is 158 g/mol. The van der Waals surface area contributed by atoms with Crippen molar-refractivity contribution in [1.82, 2.24) is 0 Å². The second kappa shape index (κ2) is 4.80. The highest BCUT2D eigenvalue weighted by atomic mass is 14.6. The van der Waals surface area contributed by atoms with Crippen molar-refractivity contribution >= 4 is 0 Å². The van der Waals surface area contributed by atoms with E-state index in [0.29, 0.717) is 23.2 Å². The highest BCUT2D eigenvalue weighted by Crippen LogP contribution is 2.37. The number of allylic oxidation sites excluding steroid dienone is 1. The molecular formula is C12H25N. The van der Waals surface area contributed by atoms with Crippen LogP contribution in [0.4, 0.5) is 0 Å². The van der Waals surface area contributed by atoms with Crippen molar-refractivity contribution in [1.29, 1.82) is 0 Å². The number of hydrogen-bond donors (Lipinski definition) is 1. The van der Waals surface area contributed by atoms with E-state index >= 15 is 0 Å². The maximum atomic E-state index is 5.73. The molecule has 0 heterocycles. The summed E-state index contributed by atoms with van der Waals surface area (Å²) in [6.07, 6.45) is 2.04. The van der Waals surface area contributed by atoms with Crippen LogP contribution >= 0.6 is 0 Å². The molecule has 0 fully saturated rings. The molecule has 2 N–H and O–H groups in total. The molecule has 0 aliphatic carbocycles. The van der Waals surface area contributed by atoms with E-state index in [9.17, 15) is 0 Å². The Labute approximate surface area is 83.4 Å². The van der Waals surface area contributed by atoms with Crippen molar-refractivity contribution in [2.24, 2.45) is 28.9 Å². The molecule has 0 rings (SSSR count). The third-order valence-electron chi connectivity index (χ3n) is 2.92. The monoisotopic (exact) mass is 183 g/mol. The van der Waals surface area contributed by atoms with E-state index in [0.717, 1.165) is 6.54 Å². The van der Waals surface area contributed by atoms with Gasteiger partial charge >= 0.3 is 0 Å². The zero-order valence-corrected chi connectivity index (χ0v) is 9.80. The second-order valence-electron chi connectivity index (χ2n) is 5.20. The zero-order chi connectivity index (χ0) is 10.6. The minimum Gasteiger partial charge on any atom is -0.330 e. The van der Waals surface area contributed by atoms with Crippen LogP contribution < -0.4 is 5.73 Å². The van der Waals surface area contributed by atoms with Gasteiger partial charge in [-0.05, 0) is 29.7 Å². The van der Waals surface area contributed by atoms with Crippen LogP contribution in [0.1, 0.15) is 34.6 Å². The van der Waals surface area contributed by atoms with Crippen molar-refractivity contribution in [3.8, 4) is 0 Å². The van der Waals surface area contributed by atoms with Gasteiger partial charge in [0.2, 0.25) is 0 Å². The van der Waals surface area contributed by atoms with Crippen LogP contribution in [0.25, 0.3) is 0 Å². The third kappa shape index (κ3) is 3.51. The fraction of sp³-hybridized carbons (Fsp3) is 0.833. The van der Waals surface area contributed by atoms with E-state index in [-0.39, 0.29) is 0 Å². The van der Waals surface area contributed by atoms with Gasteiger partial charge in [-0.25, -0.2) is 0 Å². The van der Waals surface area contributed by atoms with Gasteiger partial charge in [0.1, 0.15) is 0 Å². The average molecular weight is 183 g/mol. The average Bonchev–Trinajstić information content (AvgIpc) is 2.01. The van der Waals surface area contributed by atoms with Crippen molar-refractivity contribution in [3.63, 3.8) is 0 Å². The van der Waals surface area contributed by atoms with E-state index in [1.54, 1.807) is 0 Å². The molecule has 0 aromatic heterocycles. The molecule has 1 nitrogen and oxygen atoms in total. The van der Waals surface area contributed by atoms with Crippen LogP contribution in [0.3, 0.4) is 0 Å². The molecule has 0 spiro atoms. The van der Waals surface area contributed by atoms with Crippen LogP contribution in [-0.2, 0) is 0 Å². The molecule has 3 atom stereocenters. The lowest BCUT2D eigenvalue weighted by molar-refractivity contribution is 0.131. The summed E-state index contributed by atoms with van der Waals surface area (Å²) in [5.41, 5.74) is 6.04. The largest absolute Gasteiger partial charge is 0.330 e. The molecule has 0 aromatic rings. The minimum atomic E-state index is 0.312. The Hall–Kier alpha value is -0.300. The lowest BCUT2D eigenvalue weighted by atomic mass is 9.67. The normalized spacial score (nSPS) is 19.2. The van der Waals surface area contributed by atoms with Gasteiger partial charge < -0.3 is 5.73 Å². The quantitative estimate of drug-likeness (QED) is 0.666. The van der Waals surface area contributed by atoms with Gasteiger partial charge in [0.15, 0.2) is 0 Å². The highest BCUT2D eigenvalue weighted by Gasteiger charge is 2.31. The molecule has 0 bridgehead atoms. The summed E-state index contributed by atoms with van der Waals surface area (Å²) < 4.78 is 0. The van der Waals surface area contributed by atoms with Gasteiger partial charge in [0.05, 0.1) is 0 Å². The molecule has 0 amide bonds. The molecule has 0 radical (unpaired) electrons. The van der Waals surface area contributed by atoms with Crippen molar-refractivity contribution in [2.45, 2.75) is 34.6 Å². The Morgan fingerprint density at radius 2 is 1.77 bits per heavy atom. The van der Waals surface area contributed by atoms with Crippen LogP contribution in [0.2, 0.25) is 0 Å². The predicted molar refractivity (Wildman–Crippen MR) is 60.5 cm³/mol. The highest BCUT2D eigenvalue weighted by molar-refractivity contribution is 4.90. The van der Waals surface area contributed by atoms with Crippen LogP contribution in [-0.4, -0.2) is 6.54 Å². The number of rotatable bonds is 4. The summed E-state index contributed by atoms with van der Waals surface area (Å²) >= 11 is 0. The summed E-state index contributed by atoms with van der Waals surface area (Å²) in [7, 11) is 0. The fourth-order valence-corrected chi connectivity index (χ4v) is 2.45. The van der Waals surface area contributed by atoms with E-state index in [1.165, 1.54) is 0 Å². The molecule has 0 aliphatic rings. The maximum Gasteiger partial charge on any atom is -0.00484 e. The SMILES string of the molecule is C=CC(C)C(C(C)CN)C(C)(C)C. The van der Waals surface area contributed by atoms with Gasteiger partial charge in [-0.1, -0.05) is 40.7 Å². The first-order chi connectivity index (χ1) is 5.84. The standard InChI is InChI=1S/C12H25N/c1-7-9(2)11(10(3)8-13)12(4,5)6/h7,9-11H,1,8,13H2,2-6H3. The summed E-state index contributed by atoms with van der Waals surface area (Å²) in [4.78, 5) is 0. The third-order valence-corrected chi connectivity index (χ3v) is 2.92. The first-order valence-corrected chi connectivity index (χ1v) is 5.17. The van der Waals surface area contributed by atoms with Crippen LogP contribution in [0.15, 0.2) is 12.7 Å². The Kier molecular flexibility index (Phi) is 4.69. The van der Waals surface area contributed by atoms with Gasteiger partial charge in [-0.2, -0.15) is 0 Å². The second-order valence-corrected chi connectivity index (χ2v) is 5.20. The molecule has 0 saturated heterocycles. The molecule has 3 unspecified atom stereocenters. The van der Waals surface area contributed by atoms with E-state index in [1.807, 2.05) is 6.08 Å². The van der Waals surface area contributed by atoms with E-state index in [4.69, 9.17) is 5.73 Å². The van der Waals surface area contributed by atoms with Crippen molar-refractivity contribution in [2.75, 3.05) is 6.54 Å². The number of nitrogens with two attached hydrogens (primary N) is 1. The Bertz CT molecular complexity index is 155. The summed E-state index contributed by atoms with van der Waals surface area (Å²) in [5, 5.41) is 0. The lowest BCUT2D eigenvalue weighted by Crippen LogP contribution is -2.35. The first kappa shape index (κ1) is 12.7. The van der Waals surface area contributed by atoms with Gasteiger partial charge in [-0.15, -0.1) is 6.58 Å². The molecule has 0 saturated carbocycles. The summed E-state index contributed by atoms with van der Waals surface area (Å²) in [6, 6.07) is 0. The van der Waals surface area contributed by atoms with Crippen molar-refractivity contribution < 1.29 is 0 Å². The van der Waals surface area contributed by atoms with E-state index < -0.39 is 0 Å². The smallest absolute Gasteiger partial charge is 0.00484 e. The predicted octanol–water partition coefficient (Wildman–Crippen LogP) is 3.07. The molecule has 1 heteroatoms. The fourth-order valence-electron chi connectivity index (χ4n) is 2.45. The Morgan fingerprint density at radius 3 is 2.00 bits per heavy atom. The maximum absolute atomic E-state index is 5.73. The van der Waals surface area contributed by atoms with Crippen LogP contribution in [0, 0.1) is 23.2 Å². The van der Waals surface area contributed by atoms with Gasteiger partial charge in [-0.3, -0.25) is 0 Å². The Balaban J connectivity index is 4.64. The van der Waals surface area contributed by atoms with Gasteiger partial charge in [0, 0.05) is 0 Å². The topological polar surface area (TPSA) is 26.0 Å². The summed E-state index contributed by atoms with van der Waals surface area (Å²) in [6.45, 7) is 15.9.